The summed E-state index contributed by atoms with van der Waals surface area (Å²) >= 11 is 0. The summed E-state index contributed by atoms with van der Waals surface area (Å²) < 4.78 is 5.03. The molecular weight excluding hydrogens is 246 g/mol. The predicted molar refractivity (Wildman–Crippen MR) is 68.8 cm³/mol. The van der Waals surface area contributed by atoms with Crippen LogP contribution >= 0.6 is 0 Å². The molecule has 1 fully saturated rings. The van der Waals surface area contributed by atoms with Gasteiger partial charge in [0.25, 0.3) is 5.91 Å². The van der Waals surface area contributed by atoms with E-state index < -0.39 is 12.0 Å². The predicted octanol–water partition coefficient (Wildman–Crippen LogP) is 1.52. The number of hydrogen-bond donors (Lipinski definition) is 1. The Hall–Kier alpha value is -1.88. The second kappa shape index (κ2) is 5.84. The van der Waals surface area contributed by atoms with Crippen LogP contribution in [0, 0.1) is 0 Å². The fourth-order valence-electron chi connectivity index (χ4n) is 2.39. The summed E-state index contributed by atoms with van der Waals surface area (Å²) in [7, 11) is 1.59. The number of rotatable bonds is 4. The number of nitrogens with zero attached hydrogens (tertiary/aromatic N) is 1. The molecule has 1 aromatic rings. The SMILES string of the molecule is COCc1cccc(C(=O)N2CCC[C@H]2C(=O)O)c1. The Morgan fingerprint density at radius 3 is 2.95 bits per heavy atom. The lowest BCUT2D eigenvalue weighted by atomic mass is 10.1. The van der Waals surface area contributed by atoms with E-state index in [4.69, 9.17) is 9.84 Å². The molecule has 102 valence electrons. The third-order valence-electron chi connectivity index (χ3n) is 3.28. The van der Waals surface area contributed by atoms with E-state index in [0.29, 0.717) is 25.1 Å². The molecule has 1 atom stereocenters. The van der Waals surface area contributed by atoms with E-state index in [-0.39, 0.29) is 5.91 Å². The molecule has 0 aromatic heterocycles. The van der Waals surface area contributed by atoms with Gasteiger partial charge in [0.1, 0.15) is 6.04 Å². The summed E-state index contributed by atoms with van der Waals surface area (Å²) in [5, 5.41) is 9.10. The molecule has 0 saturated carbocycles. The third kappa shape index (κ3) is 2.93. The lowest BCUT2D eigenvalue weighted by Gasteiger charge is -2.21. The monoisotopic (exact) mass is 263 g/mol. The molecule has 19 heavy (non-hydrogen) atoms. The van der Waals surface area contributed by atoms with Crippen LogP contribution in [0.2, 0.25) is 0 Å². The molecule has 0 bridgehead atoms. The molecule has 5 heteroatoms. The molecule has 1 aliphatic heterocycles. The smallest absolute Gasteiger partial charge is 0.326 e. The molecular formula is C14H17NO4. The van der Waals surface area contributed by atoms with Crippen LogP contribution in [0.5, 0.6) is 0 Å². The summed E-state index contributed by atoms with van der Waals surface area (Å²) in [5.41, 5.74) is 1.42. The number of carbonyl (C=O) groups excluding carboxylic acids is 1. The maximum atomic E-state index is 12.3. The maximum absolute atomic E-state index is 12.3. The van der Waals surface area contributed by atoms with E-state index >= 15 is 0 Å². The number of carboxylic acid groups (broad SMARTS) is 1. The summed E-state index contributed by atoms with van der Waals surface area (Å²) in [6.07, 6.45) is 1.26. The third-order valence-corrected chi connectivity index (χ3v) is 3.28. The van der Waals surface area contributed by atoms with Crippen LogP contribution in [0.4, 0.5) is 0 Å². The zero-order valence-electron chi connectivity index (χ0n) is 10.8. The zero-order valence-corrected chi connectivity index (χ0v) is 10.8. The van der Waals surface area contributed by atoms with Gasteiger partial charge in [-0.25, -0.2) is 4.79 Å². The molecule has 1 N–H and O–H groups in total. The van der Waals surface area contributed by atoms with Gasteiger partial charge < -0.3 is 14.7 Å². The molecule has 5 nitrogen and oxygen atoms in total. The second-order valence-electron chi connectivity index (χ2n) is 4.63. The van der Waals surface area contributed by atoms with E-state index in [0.717, 1.165) is 12.0 Å². The van der Waals surface area contributed by atoms with Crippen molar-refractivity contribution < 1.29 is 19.4 Å². The zero-order chi connectivity index (χ0) is 13.8. The van der Waals surface area contributed by atoms with Crippen molar-refractivity contribution in [1.29, 1.82) is 0 Å². The van der Waals surface area contributed by atoms with Crippen molar-refractivity contribution in [3.8, 4) is 0 Å². The van der Waals surface area contributed by atoms with Crippen LogP contribution in [0.3, 0.4) is 0 Å². The van der Waals surface area contributed by atoms with E-state index in [2.05, 4.69) is 0 Å². The minimum Gasteiger partial charge on any atom is -0.480 e. The number of benzene rings is 1. The average Bonchev–Trinajstić information content (AvgIpc) is 2.88. The van der Waals surface area contributed by atoms with Gasteiger partial charge in [0.15, 0.2) is 0 Å². The van der Waals surface area contributed by atoms with E-state index in [1.165, 1.54) is 4.90 Å². The fraction of sp³-hybridized carbons (Fsp3) is 0.429. The Morgan fingerprint density at radius 2 is 2.26 bits per heavy atom. The van der Waals surface area contributed by atoms with Crippen molar-refractivity contribution in [3.63, 3.8) is 0 Å². The Kier molecular flexibility index (Phi) is 4.16. The molecule has 1 aromatic carbocycles. The first kappa shape index (κ1) is 13.5. The molecule has 1 amide bonds. The first-order valence-electron chi connectivity index (χ1n) is 6.25. The van der Waals surface area contributed by atoms with Gasteiger partial charge in [-0.3, -0.25) is 4.79 Å². The molecule has 1 aliphatic rings. The van der Waals surface area contributed by atoms with E-state index in [9.17, 15) is 9.59 Å². The Bertz CT molecular complexity index is 486. The Balaban J connectivity index is 2.19. The second-order valence-corrected chi connectivity index (χ2v) is 4.63. The maximum Gasteiger partial charge on any atom is 0.326 e. The number of methoxy groups -OCH3 is 1. The first-order chi connectivity index (χ1) is 9.13. The molecule has 0 radical (unpaired) electrons. The summed E-state index contributed by atoms with van der Waals surface area (Å²) in [4.78, 5) is 24.9. The number of likely N-dealkylation sites (tertiary alicyclic amines) is 1. The highest BCUT2D eigenvalue weighted by Gasteiger charge is 2.34. The van der Waals surface area contributed by atoms with Gasteiger partial charge in [-0.05, 0) is 30.5 Å². The van der Waals surface area contributed by atoms with Crippen LogP contribution in [-0.2, 0) is 16.1 Å². The van der Waals surface area contributed by atoms with Gasteiger partial charge in [0.05, 0.1) is 6.61 Å². The standard InChI is InChI=1S/C14H17NO4/c1-19-9-10-4-2-5-11(8-10)13(16)15-7-3-6-12(15)14(17)18/h2,4-5,8,12H,3,6-7,9H2,1H3,(H,17,18)/t12-/m0/s1. The van der Waals surface area contributed by atoms with Gasteiger partial charge in [0, 0.05) is 19.2 Å². The largest absolute Gasteiger partial charge is 0.480 e. The van der Waals surface area contributed by atoms with Crippen LogP contribution in [-0.4, -0.2) is 41.6 Å². The number of ether oxygens (including phenoxy) is 1. The Labute approximate surface area is 111 Å². The van der Waals surface area contributed by atoms with Crippen molar-refractivity contribution in [2.24, 2.45) is 0 Å². The van der Waals surface area contributed by atoms with Crippen molar-refractivity contribution in [2.45, 2.75) is 25.5 Å². The number of carbonyl (C=O) groups is 2. The topological polar surface area (TPSA) is 66.8 Å². The molecule has 2 rings (SSSR count). The van der Waals surface area contributed by atoms with E-state index in [1.807, 2.05) is 6.07 Å². The normalized spacial score (nSPS) is 18.6. The summed E-state index contributed by atoms with van der Waals surface area (Å²) in [6, 6.07) is 6.42. The molecule has 1 heterocycles. The quantitative estimate of drug-likeness (QED) is 0.894. The lowest BCUT2D eigenvalue weighted by molar-refractivity contribution is -0.141. The fourth-order valence-corrected chi connectivity index (χ4v) is 2.39. The number of carboxylic acids is 1. The minimum absolute atomic E-state index is 0.220. The van der Waals surface area contributed by atoms with E-state index in [1.54, 1.807) is 25.3 Å². The van der Waals surface area contributed by atoms with Crippen molar-refractivity contribution in [1.82, 2.24) is 4.90 Å². The average molecular weight is 263 g/mol. The van der Waals surface area contributed by atoms with Gasteiger partial charge >= 0.3 is 5.97 Å². The first-order valence-corrected chi connectivity index (χ1v) is 6.25. The molecule has 0 spiro atoms. The van der Waals surface area contributed by atoms with Gasteiger partial charge in [0.2, 0.25) is 0 Å². The van der Waals surface area contributed by atoms with Crippen molar-refractivity contribution >= 4 is 11.9 Å². The number of aliphatic carboxylic acids is 1. The van der Waals surface area contributed by atoms with Crippen LogP contribution in [0.15, 0.2) is 24.3 Å². The number of amides is 1. The molecule has 0 aliphatic carbocycles. The van der Waals surface area contributed by atoms with Crippen LogP contribution in [0.25, 0.3) is 0 Å². The molecule has 1 saturated heterocycles. The van der Waals surface area contributed by atoms with Crippen LogP contribution < -0.4 is 0 Å². The molecule has 0 unspecified atom stereocenters. The van der Waals surface area contributed by atoms with Crippen LogP contribution in [0.1, 0.15) is 28.8 Å². The highest BCUT2D eigenvalue weighted by Crippen LogP contribution is 2.20. The van der Waals surface area contributed by atoms with Gasteiger partial charge in [-0.15, -0.1) is 0 Å². The summed E-state index contributed by atoms with van der Waals surface area (Å²) in [5.74, 6) is -1.15. The van der Waals surface area contributed by atoms with Gasteiger partial charge in [-0.1, -0.05) is 12.1 Å². The highest BCUT2D eigenvalue weighted by atomic mass is 16.5. The number of hydrogen-bond acceptors (Lipinski definition) is 3. The minimum atomic E-state index is -0.932. The lowest BCUT2D eigenvalue weighted by Crippen LogP contribution is -2.40. The van der Waals surface area contributed by atoms with Crippen molar-refractivity contribution in [3.05, 3.63) is 35.4 Å². The van der Waals surface area contributed by atoms with Crippen molar-refractivity contribution in [2.75, 3.05) is 13.7 Å². The van der Waals surface area contributed by atoms with Gasteiger partial charge in [-0.2, -0.15) is 0 Å². The Morgan fingerprint density at radius 1 is 1.47 bits per heavy atom. The summed E-state index contributed by atoms with van der Waals surface area (Å²) in [6.45, 7) is 0.938. The highest BCUT2D eigenvalue weighted by molar-refractivity contribution is 5.97.